The van der Waals surface area contributed by atoms with Crippen LogP contribution < -0.4 is 0 Å². The number of benzene rings is 1. The van der Waals surface area contributed by atoms with E-state index in [9.17, 15) is 18.0 Å². The van der Waals surface area contributed by atoms with Crippen molar-refractivity contribution in [2.24, 2.45) is 23.7 Å². The molecule has 5 rings (SSSR count). The van der Waals surface area contributed by atoms with Crippen LogP contribution in [0.25, 0.3) is 0 Å². The molecule has 1 aliphatic heterocycles. The highest BCUT2D eigenvalue weighted by Crippen LogP contribution is 2.52. The second-order valence-electron chi connectivity index (χ2n) is 8.88. The first-order valence-electron chi connectivity index (χ1n) is 10.8. The van der Waals surface area contributed by atoms with Crippen LogP contribution in [0, 0.1) is 30.6 Å². The van der Waals surface area contributed by atoms with Gasteiger partial charge in [-0.1, -0.05) is 42.7 Å². The Morgan fingerprint density at radius 2 is 1.73 bits per heavy atom. The van der Waals surface area contributed by atoms with E-state index in [0.717, 1.165) is 36.8 Å². The van der Waals surface area contributed by atoms with Gasteiger partial charge in [-0.05, 0) is 50.2 Å². The van der Waals surface area contributed by atoms with E-state index in [4.69, 9.17) is 0 Å². The maximum atomic E-state index is 13.4. The number of amides is 2. The Morgan fingerprint density at radius 1 is 1.07 bits per heavy atom. The topological polar surface area (TPSA) is 74.8 Å². The van der Waals surface area contributed by atoms with Crippen molar-refractivity contribution >= 4 is 21.8 Å². The molecular weight excluding hydrogens is 400 g/mol. The monoisotopic (exact) mass is 430 g/mol. The quantitative estimate of drug-likeness (QED) is 0.492. The standard InChI is InChI=1S/C23H30N2O4S/c1-4-5-12-25(30(28,29)18-9-6-15(2)7-10-18)14-17-13-16-8-11-19(17)21-20(16)22(26)24(3)23(21)27/h6-7,9-10,13,16,19-21H,4-5,8,11-12,14H2,1-3H3/t16-,19+,20+,21-/m1/s1. The third kappa shape index (κ3) is 3.42. The minimum absolute atomic E-state index is 0.0338. The molecule has 1 aromatic carbocycles. The molecule has 4 atom stereocenters. The Labute approximate surface area is 179 Å². The van der Waals surface area contributed by atoms with Crippen LogP contribution in [0.4, 0.5) is 0 Å². The van der Waals surface area contributed by atoms with Crippen molar-refractivity contribution in [1.82, 2.24) is 9.21 Å². The van der Waals surface area contributed by atoms with Gasteiger partial charge in [-0.25, -0.2) is 8.42 Å². The summed E-state index contributed by atoms with van der Waals surface area (Å²) in [5.41, 5.74) is 2.02. The zero-order valence-corrected chi connectivity index (χ0v) is 18.7. The Kier molecular flexibility index (Phi) is 5.62. The molecule has 0 N–H and O–H groups in total. The van der Waals surface area contributed by atoms with E-state index >= 15 is 0 Å². The van der Waals surface area contributed by atoms with Gasteiger partial charge in [0.1, 0.15) is 0 Å². The molecule has 4 aliphatic rings. The Hall–Kier alpha value is -1.99. The molecule has 1 heterocycles. The first-order chi connectivity index (χ1) is 14.3. The molecule has 2 fully saturated rings. The number of carbonyl (C=O) groups is 2. The van der Waals surface area contributed by atoms with Crippen LogP contribution in [0.15, 0.2) is 40.8 Å². The summed E-state index contributed by atoms with van der Waals surface area (Å²) in [6.45, 7) is 4.72. The maximum absolute atomic E-state index is 13.4. The number of hydrogen-bond donors (Lipinski definition) is 0. The van der Waals surface area contributed by atoms with Gasteiger partial charge < -0.3 is 0 Å². The third-order valence-electron chi connectivity index (χ3n) is 7.01. The average molecular weight is 431 g/mol. The first kappa shape index (κ1) is 21.2. The van der Waals surface area contributed by atoms with Gasteiger partial charge in [0.2, 0.25) is 21.8 Å². The fraction of sp³-hybridized carbons (Fsp3) is 0.565. The minimum atomic E-state index is -3.63. The van der Waals surface area contributed by atoms with Gasteiger partial charge in [-0.2, -0.15) is 4.31 Å². The number of imide groups is 1. The molecule has 0 spiro atoms. The maximum Gasteiger partial charge on any atom is 0.243 e. The van der Waals surface area contributed by atoms with Crippen molar-refractivity contribution in [3.63, 3.8) is 0 Å². The highest BCUT2D eigenvalue weighted by atomic mass is 32.2. The normalized spacial score (nSPS) is 28.3. The number of fused-ring (bicyclic) bond motifs is 1. The fourth-order valence-electron chi connectivity index (χ4n) is 5.32. The lowest BCUT2D eigenvalue weighted by atomic mass is 9.60. The van der Waals surface area contributed by atoms with Crippen molar-refractivity contribution in [2.75, 3.05) is 20.1 Å². The van der Waals surface area contributed by atoms with E-state index in [2.05, 4.69) is 6.08 Å². The minimum Gasteiger partial charge on any atom is -0.285 e. The van der Waals surface area contributed by atoms with Crippen LogP contribution >= 0.6 is 0 Å². The summed E-state index contributed by atoms with van der Waals surface area (Å²) in [6, 6.07) is 6.95. The molecule has 1 saturated heterocycles. The zero-order chi connectivity index (χ0) is 21.6. The fourth-order valence-corrected chi connectivity index (χ4v) is 6.79. The summed E-state index contributed by atoms with van der Waals surface area (Å²) < 4.78 is 28.4. The van der Waals surface area contributed by atoms with Gasteiger partial charge >= 0.3 is 0 Å². The van der Waals surface area contributed by atoms with Crippen molar-refractivity contribution in [1.29, 1.82) is 0 Å². The van der Waals surface area contributed by atoms with Gasteiger partial charge in [-0.3, -0.25) is 14.5 Å². The number of rotatable bonds is 7. The van der Waals surface area contributed by atoms with Gasteiger partial charge in [-0.15, -0.1) is 0 Å². The van der Waals surface area contributed by atoms with Crippen LogP contribution in [0.5, 0.6) is 0 Å². The number of sulfonamides is 1. The molecule has 1 aromatic rings. The molecule has 2 bridgehead atoms. The molecular formula is C23H30N2O4S. The molecule has 6 nitrogen and oxygen atoms in total. The summed E-state index contributed by atoms with van der Waals surface area (Å²) in [7, 11) is -2.07. The lowest BCUT2D eigenvalue weighted by Gasteiger charge is -2.43. The summed E-state index contributed by atoms with van der Waals surface area (Å²) in [4.78, 5) is 26.9. The molecule has 162 valence electrons. The number of nitrogens with zero attached hydrogens (tertiary/aromatic N) is 2. The summed E-state index contributed by atoms with van der Waals surface area (Å²) in [6.07, 6.45) is 5.51. The number of unbranched alkanes of at least 4 members (excludes halogenated alkanes) is 1. The number of carbonyl (C=O) groups excluding carboxylic acids is 2. The molecule has 30 heavy (non-hydrogen) atoms. The summed E-state index contributed by atoms with van der Waals surface area (Å²) in [5, 5.41) is 0. The molecule has 1 saturated carbocycles. The highest BCUT2D eigenvalue weighted by Gasteiger charge is 2.57. The van der Waals surface area contributed by atoms with E-state index in [1.807, 2.05) is 26.0 Å². The third-order valence-corrected chi connectivity index (χ3v) is 8.87. The highest BCUT2D eigenvalue weighted by molar-refractivity contribution is 7.89. The largest absolute Gasteiger partial charge is 0.285 e. The predicted molar refractivity (Wildman–Crippen MR) is 114 cm³/mol. The zero-order valence-electron chi connectivity index (χ0n) is 17.9. The lowest BCUT2D eigenvalue weighted by molar-refractivity contribution is -0.138. The van der Waals surface area contributed by atoms with Crippen molar-refractivity contribution in [3.05, 3.63) is 41.5 Å². The Balaban J connectivity index is 1.64. The van der Waals surface area contributed by atoms with E-state index in [-0.39, 0.29) is 35.5 Å². The molecule has 0 aromatic heterocycles. The Bertz CT molecular complexity index is 983. The van der Waals surface area contributed by atoms with Gasteiger partial charge in [0.05, 0.1) is 16.7 Å². The van der Waals surface area contributed by atoms with E-state index in [1.165, 1.54) is 4.90 Å². The molecule has 2 amide bonds. The summed E-state index contributed by atoms with van der Waals surface area (Å²) >= 11 is 0. The molecule has 7 heteroatoms. The first-order valence-corrected chi connectivity index (χ1v) is 12.3. The van der Waals surface area contributed by atoms with E-state index in [0.29, 0.717) is 18.0 Å². The molecule has 0 radical (unpaired) electrons. The van der Waals surface area contributed by atoms with Crippen LogP contribution in [-0.4, -0.2) is 49.6 Å². The summed E-state index contributed by atoms with van der Waals surface area (Å²) in [5.74, 6) is -0.777. The molecule has 0 unspecified atom stereocenters. The number of hydrogen-bond acceptors (Lipinski definition) is 4. The van der Waals surface area contributed by atoms with E-state index in [1.54, 1.807) is 23.5 Å². The second kappa shape index (κ2) is 7.93. The van der Waals surface area contributed by atoms with Gasteiger partial charge in [0, 0.05) is 20.1 Å². The lowest BCUT2D eigenvalue weighted by Crippen LogP contribution is -2.44. The average Bonchev–Trinajstić information content (AvgIpc) is 2.97. The van der Waals surface area contributed by atoms with Gasteiger partial charge in [0.25, 0.3) is 0 Å². The van der Waals surface area contributed by atoms with Crippen LogP contribution in [0.3, 0.4) is 0 Å². The van der Waals surface area contributed by atoms with Crippen LogP contribution in [0.2, 0.25) is 0 Å². The predicted octanol–water partition coefficient (Wildman–Crippen LogP) is 2.98. The SMILES string of the molecule is CCCCN(CC1=C[C@H]2CC[C@@H]1[C@H]1C(=O)N(C)C(=O)[C@H]12)S(=O)(=O)c1ccc(C)cc1. The van der Waals surface area contributed by atoms with Crippen molar-refractivity contribution in [3.8, 4) is 0 Å². The van der Waals surface area contributed by atoms with Gasteiger partial charge in [0.15, 0.2) is 0 Å². The second-order valence-corrected chi connectivity index (χ2v) is 10.8. The number of likely N-dealkylation sites (tertiary alicyclic amines) is 1. The molecule has 3 aliphatic carbocycles. The number of allylic oxidation sites excluding steroid dienone is 1. The Morgan fingerprint density at radius 3 is 2.40 bits per heavy atom. The van der Waals surface area contributed by atoms with Crippen molar-refractivity contribution < 1.29 is 18.0 Å². The number of aryl methyl sites for hydroxylation is 1. The van der Waals surface area contributed by atoms with Crippen molar-refractivity contribution in [2.45, 2.75) is 44.4 Å². The smallest absolute Gasteiger partial charge is 0.243 e. The van der Waals surface area contributed by atoms with Crippen LogP contribution in [-0.2, 0) is 19.6 Å². The van der Waals surface area contributed by atoms with E-state index < -0.39 is 10.0 Å². The van der Waals surface area contributed by atoms with Crippen LogP contribution in [0.1, 0.15) is 38.2 Å².